The number of nitriles is 1. The lowest BCUT2D eigenvalue weighted by molar-refractivity contribution is 1.46. The third kappa shape index (κ3) is 0.926. The van der Waals surface area contributed by atoms with Gasteiger partial charge in [-0.15, -0.1) is 0 Å². The molecule has 3 heteroatoms. The molecule has 1 aromatic carbocycles. The van der Waals surface area contributed by atoms with E-state index in [1.54, 1.807) is 6.07 Å². The maximum atomic E-state index is 8.73. The monoisotopic (exact) mass is 220 g/mol. The van der Waals surface area contributed by atoms with Crippen LogP contribution in [0.4, 0.5) is 0 Å². The second-order valence-electron chi connectivity index (χ2n) is 2.48. The smallest absolute Gasteiger partial charge is 0.100 e. The molecule has 0 aliphatic carbocycles. The molecule has 2 nitrogen and oxygen atoms in total. The van der Waals surface area contributed by atoms with Crippen molar-refractivity contribution >= 4 is 26.8 Å². The summed E-state index contributed by atoms with van der Waals surface area (Å²) in [6.45, 7) is 0. The van der Waals surface area contributed by atoms with Gasteiger partial charge in [-0.25, -0.2) is 0 Å². The van der Waals surface area contributed by atoms with Gasteiger partial charge in [0.15, 0.2) is 0 Å². The second kappa shape index (κ2) is 2.65. The van der Waals surface area contributed by atoms with Gasteiger partial charge in [0.2, 0.25) is 0 Å². The van der Waals surface area contributed by atoms with Crippen molar-refractivity contribution in [3.05, 3.63) is 34.4 Å². The standard InChI is InChI=1S/C9H5BrN2/c10-9-6(5-11)1-2-8-7(9)3-4-12-8/h1-4,12H. The van der Waals surface area contributed by atoms with Crippen LogP contribution in [0, 0.1) is 11.3 Å². The predicted molar refractivity (Wildman–Crippen MR) is 50.7 cm³/mol. The number of H-pyrrole nitrogens is 1. The molecular formula is C9H5BrN2. The molecule has 0 spiro atoms. The lowest BCUT2D eigenvalue weighted by Gasteiger charge is -1.95. The molecule has 2 rings (SSSR count). The van der Waals surface area contributed by atoms with E-state index in [-0.39, 0.29) is 0 Å². The average molecular weight is 221 g/mol. The topological polar surface area (TPSA) is 39.6 Å². The lowest BCUT2D eigenvalue weighted by Crippen LogP contribution is -1.77. The van der Waals surface area contributed by atoms with Gasteiger partial charge in [0.25, 0.3) is 0 Å². The van der Waals surface area contributed by atoms with Crippen LogP contribution in [0.1, 0.15) is 5.56 Å². The minimum absolute atomic E-state index is 0.669. The number of fused-ring (bicyclic) bond motifs is 1. The summed E-state index contributed by atoms with van der Waals surface area (Å²) in [7, 11) is 0. The Morgan fingerprint density at radius 3 is 2.92 bits per heavy atom. The SMILES string of the molecule is N#Cc1ccc2[nH]ccc2c1Br. The zero-order valence-corrected chi connectivity index (χ0v) is 7.72. The Bertz CT molecular complexity index is 465. The molecule has 1 heterocycles. The number of nitrogens with zero attached hydrogens (tertiary/aromatic N) is 1. The molecule has 0 amide bonds. The Labute approximate surface area is 77.9 Å². The molecule has 2 aromatic rings. The Hall–Kier alpha value is -1.27. The van der Waals surface area contributed by atoms with E-state index in [0.29, 0.717) is 5.56 Å². The molecular weight excluding hydrogens is 216 g/mol. The Morgan fingerprint density at radius 1 is 1.33 bits per heavy atom. The Morgan fingerprint density at radius 2 is 2.17 bits per heavy atom. The van der Waals surface area contributed by atoms with Crippen molar-refractivity contribution in [2.45, 2.75) is 0 Å². The highest BCUT2D eigenvalue weighted by atomic mass is 79.9. The number of aromatic nitrogens is 1. The first-order valence-electron chi connectivity index (χ1n) is 3.48. The molecule has 0 aliphatic rings. The minimum atomic E-state index is 0.669. The molecule has 0 bridgehead atoms. The van der Waals surface area contributed by atoms with Gasteiger partial charge in [-0.3, -0.25) is 0 Å². The number of hydrogen-bond donors (Lipinski definition) is 1. The highest BCUT2D eigenvalue weighted by molar-refractivity contribution is 9.10. The predicted octanol–water partition coefficient (Wildman–Crippen LogP) is 2.80. The van der Waals surface area contributed by atoms with Crippen LogP contribution >= 0.6 is 15.9 Å². The number of halogens is 1. The summed E-state index contributed by atoms with van der Waals surface area (Å²) in [5.74, 6) is 0. The summed E-state index contributed by atoms with van der Waals surface area (Å²) in [6.07, 6.45) is 1.86. The molecule has 1 aromatic heterocycles. The van der Waals surface area contributed by atoms with Gasteiger partial charge in [-0.2, -0.15) is 5.26 Å². The van der Waals surface area contributed by atoms with Crippen LogP contribution in [0.2, 0.25) is 0 Å². The van der Waals surface area contributed by atoms with Gasteiger partial charge in [-0.05, 0) is 34.1 Å². The van der Waals surface area contributed by atoms with Crippen LogP contribution in [0.5, 0.6) is 0 Å². The molecule has 0 radical (unpaired) electrons. The van der Waals surface area contributed by atoms with Crippen molar-refractivity contribution in [1.82, 2.24) is 4.98 Å². The number of nitrogens with one attached hydrogen (secondary N) is 1. The molecule has 12 heavy (non-hydrogen) atoms. The van der Waals surface area contributed by atoms with E-state index in [1.165, 1.54) is 0 Å². The van der Waals surface area contributed by atoms with Crippen molar-refractivity contribution in [3.8, 4) is 6.07 Å². The van der Waals surface area contributed by atoms with Crippen molar-refractivity contribution in [2.75, 3.05) is 0 Å². The van der Waals surface area contributed by atoms with Crippen LogP contribution < -0.4 is 0 Å². The van der Waals surface area contributed by atoms with Gasteiger partial charge in [0.05, 0.1) is 5.56 Å². The zero-order chi connectivity index (χ0) is 8.55. The second-order valence-corrected chi connectivity index (χ2v) is 3.27. The summed E-state index contributed by atoms with van der Waals surface area (Å²) in [6, 6.07) is 7.76. The van der Waals surface area contributed by atoms with Crippen molar-refractivity contribution < 1.29 is 0 Å². The van der Waals surface area contributed by atoms with E-state index in [0.717, 1.165) is 15.4 Å². The van der Waals surface area contributed by atoms with Crippen molar-refractivity contribution in [2.24, 2.45) is 0 Å². The van der Waals surface area contributed by atoms with Crippen LogP contribution in [-0.4, -0.2) is 4.98 Å². The van der Waals surface area contributed by atoms with Gasteiger partial charge >= 0.3 is 0 Å². The van der Waals surface area contributed by atoms with E-state index < -0.39 is 0 Å². The molecule has 1 N–H and O–H groups in total. The average Bonchev–Trinajstić information content (AvgIpc) is 2.53. The quantitative estimate of drug-likeness (QED) is 0.729. The molecule has 0 saturated heterocycles. The zero-order valence-electron chi connectivity index (χ0n) is 6.13. The van der Waals surface area contributed by atoms with E-state index >= 15 is 0 Å². The molecule has 0 saturated carbocycles. The van der Waals surface area contributed by atoms with Crippen LogP contribution in [-0.2, 0) is 0 Å². The fourth-order valence-corrected chi connectivity index (χ4v) is 1.75. The van der Waals surface area contributed by atoms with Gasteiger partial charge in [0.1, 0.15) is 6.07 Å². The van der Waals surface area contributed by atoms with Gasteiger partial charge < -0.3 is 4.98 Å². The highest BCUT2D eigenvalue weighted by Gasteiger charge is 2.03. The first-order valence-corrected chi connectivity index (χ1v) is 4.28. The molecule has 0 atom stereocenters. The molecule has 58 valence electrons. The minimum Gasteiger partial charge on any atom is -0.361 e. The summed E-state index contributed by atoms with van der Waals surface area (Å²) < 4.78 is 0.865. The number of rotatable bonds is 0. The maximum Gasteiger partial charge on any atom is 0.100 e. The number of hydrogen-bond acceptors (Lipinski definition) is 1. The molecule has 0 aliphatic heterocycles. The van der Waals surface area contributed by atoms with E-state index in [1.807, 2.05) is 18.3 Å². The van der Waals surface area contributed by atoms with E-state index in [4.69, 9.17) is 5.26 Å². The highest BCUT2D eigenvalue weighted by Crippen LogP contribution is 2.26. The third-order valence-corrected chi connectivity index (χ3v) is 2.64. The largest absolute Gasteiger partial charge is 0.361 e. The number of benzene rings is 1. The summed E-state index contributed by atoms with van der Waals surface area (Å²) in [5.41, 5.74) is 1.71. The third-order valence-electron chi connectivity index (χ3n) is 1.79. The van der Waals surface area contributed by atoms with E-state index in [2.05, 4.69) is 27.0 Å². The molecule has 0 fully saturated rings. The van der Waals surface area contributed by atoms with Crippen molar-refractivity contribution in [1.29, 1.82) is 5.26 Å². The lowest BCUT2D eigenvalue weighted by atomic mass is 10.2. The van der Waals surface area contributed by atoms with Gasteiger partial charge in [-0.1, -0.05) is 0 Å². The van der Waals surface area contributed by atoms with Crippen LogP contribution in [0.15, 0.2) is 28.9 Å². The Kier molecular flexibility index (Phi) is 1.63. The fraction of sp³-hybridized carbons (Fsp3) is 0. The summed E-state index contributed by atoms with van der Waals surface area (Å²) in [5, 5.41) is 9.78. The fourth-order valence-electron chi connectivity index (χ4n) is 1.18. The number of aromatic amines is 1. The van der Waals surface area contributed by atoms with Crippen LogP contribution in [0.25, 0.3) is 10.9 Å². The molecule has 0 unspecified atom stereocenters. The van der Waals surface area contributed by atoms with Crippen molar-refractivity contribution in [3.63, 3.8) is 0 Å². The van der Waals surface area contributed by atoms with E-state index in [9.17, 15) is 0 Å². The normalized spacial score (nSPS) is 10.0. The first kappa shape index (κ1) is 7.38. The maximum absolute atomic E-state index is 8.73. The van der Waals surface area contributed by atoms with Gasteiger partial charge in [0, 0.05) is 21.6 Å². The summed E-state index contributed by atoms with van der Waals surface area (Å²) in [4.78, 5) is 3.07. The first-order chi connectivity index (χ1) is 5.83. The van der Waals surface area contributed by atoms with Crippen LogP contribution in [0.3, 0.4) is 0 Å². The Balaban J connectivity index is 2.89. The summed E-state index contributed by atoms with van der Waals surface area (Å²) >= 11 is 3.38.